The molecular weight excluding hydrogens is 360 g/mol. The molecule has 7 heteroatoms. The van der Waals surface area contributed by atoms with E-state index in [2.05, 4.69) is 4.72 Å². The topological polar surface area (TPSA) is 71.3 Å². The summed E-state index contributed by atoms with van der Waals surface area (Å²) >= 11 is 5.99. The summed E-state index contributed by atoms with van der Waals surface area (Å²) in [5.41, 5.74) is 2.51. The fraction of sp³-hybridized carbons (Fsp3) is 0.222. The number of fused-ring (bicyclic) bond motifs is 1. The van der Waals surface area contributed by atoms with Crippen molar-refractivity contribution in [2.45, 2.75) is 17.9 Å². The Kier molecular flexibility index (Phi) is 4.88. The summed E-state index contributed by atoms with van der Waals surface area (Å²) < 4.78 is 29.1. The van der Waals surface area contributed by atoms with Gasteiger partial charge in [0.2, 0.25) is 10.0 Å². The van der Waals surface area contributed by atoms with Crippen molar-refractivity contribution in [1.29, 1.82) is 0 Å². The largest absolute Gasteiger partial charge is 0.387 e. The van der Waals surface area contributed by atoms with Crippen LogP contribution < -0.4 is 4.72 Å². The number of rotatable bonds is 5. The molecule has 0 saturated carbocycles. The summed E-state index contributed by atoms with van der Waals surface area (Å²) in [7, 11) is -1.80. The van der Waals surface area contributed by atoms with Crippen molar-refractivity contribution >= 4 is 32.5 Å². The maximum atomic E-state index is 12.4. The van der Waals surface area contributed by atoms with Crippen molar-refractivity contribution in [3.05, 3.63) is 64.8 Å². The minimum Gasteiger partial charge on any atom is -0.387 e. The molecule has 3 aromatic rings. The van der Waals surface area contributed by atoms with Gasteiger partial charge in [0.25, 0.3) is 0 Å². The average molecular weight is 379 g/mol. The van der Waals surface area contributed by atoms with Crippen LogP contribution in [0.3, 0.4) is 0 Å². The van der Waals surface area contributed by atoms with Crippen molar-refractivity contribution < 1.29 is 13.5 Å². The molecule has 2 N–H and O–H groups in total. The lowest BCUT2D eigenvalue weighted by Gasteiger charge is -2.13. The van der Waals surface area contributed by atoms with Gasteiger partial charge in [0.15, 0.2) is 0 Å². The molecule has 0 radical (unpaired) electrons. The van der Waals surface area contributed by atoms with Crippen LogP contribution in [0.15, 0.2) is 53.6 Å². The second-order valence-electron chi connectivity index (χ2n) is 6.02. The summed E-state index contributed by atoms with van der Waals surface area (Å²) in [4.78, 5) is 0.0776. The molecule has 1 heterocycles. The van der Waals surface area contributed by atoms with Crippen LogP contribution in [0, 0.1) is 6.92 Å². The van der Waals surface area contributed by atoms with Crippen LogP contribution in [-0.4, -0.2) is 24.6 Å². The number of aliphatic hydroxyl groups is 1. The minimum absolute atomic E-state index is 0.0776. The van der Waals surface area contributed by atoms with Gasteiger partial charge < -0.3 is 9.67 Å². The van der Waals surface area contributed by atoms with Crippen molar-refractivity contribution in [3.8, 4) is 0 Å². The number of halogens is 1. The fourth-order valence-corrected chi connectivity index (χ4v) is 3.95. The molecule has 0 spiro atoms. The summed E-state index contributed by atoms with van der Waals surface area (Å²) in [6.45, 7) is 1.68. The van der Waals surface area contributed by atoms with Crippen molar-refractivity contribution in [2.75, 3.05) is 6.54 Å². The fourth-order valence-electron chi connectivity index (χ4n) is 2.64. The first kappa shape index (κ1) is 17.9. The van der Waals surface area contributed by atoms with Crippen molar-refractivity contribution in [3.63, 3.8) is 0 Å². The van der Waals surface area contributed by atoms with Gasteiger partial charge in [0.1, 0.15) is 0 Å². The molecule has 1 atom stereocenters. The van der Waals surface area contributed by atoms with E-state index >= 15 is 0 Å². The normalized spacial score (nSPS) is 13.3. The standard InChI is InChI=1S/C18H19ClN2O3S/c1-12-3-5-15(10-16(12)19)25(23,24)20-11-18(22)14-4-6-17-13(9-14)7-8-21(17)2/h3-10,18,20,22H,11H2,1-2H3. The number of sulfonamides is 1. The molecule has 1 unspecified atom stereocenters. The lowest BCUT2D eigenvalue weighted by Crippen LogP contribution is -2.28. The highest BCUT2D eigenvalue weighted by Crippen LogP contribution is 2.22. The maximum absolute atomic E-state index is 12.4. The van der Waals surface area contributed by atoms with Crippen LogP contribution in [0.5, 0.6) is 0 Å². The van der Waals surface area contributed by atoms with Gasteiger partial charge >= 0.3 is 0 Å². The summed E-state index contributed by atoms with van der Waals surface area (Å²) in [6.07, 6.45) is 0.991. The highest BCUT2D eigenvalue weighted by molar-refractivity contribution is 7.89. The number of aliphatic hydroxyl groups excluding tert-OH is 1. The van der Waals surface area contributed by atoms with E-state index in [1.54, 1.807) is 19.1 Å². The van der Waals surface area contributed by atoms with E-state index in [-0.39, 0.29) is 11.4 Å². The molecule has 0 aliphatic carbocycles. The zero-order valence-corrected chi connectivity index (χ0v) is 15.5. The van der Waals surface area contributed by atoms with Gasteiger partial charge in [-0.3, -0.25) is 0 Å². The SMILES string of the molecule is Cc1ccc(S(=O)(=O)NCC(O)c2ccc3c(ccn3C)c2)cc1Cl. The Bertz CT molecular complexity index is 1030. The average Bonchev–Trinajstić information content (AvgIpc) is 2.95. The van der Waals surface area contributed by atoms with E-state index in [4.69, 9.17) is 11.6 Å². The van der Waals surface area contributed by atoms with E-state index in [1.807, 2.05) is 36.0 Å². The summed E-state index contributed by atoms with van der Waals surface area (Å²) in [6, 6.07) is 12.1. The van der Waals surface area contributed by atoms with Crippen LogP contribution in [0.25, 0.3) is 10.9 Å². The number of hydrogen-bond donors (Lipinski definition) is 2. The number of nitrogens with one attached hydrogen (secondary N) is 1. The van der Waals surface area contributed by atoms with Gasteiger partial charge in [-0.05, 0) is 53.8 Å². The maximum Gasteiger partial charge on any atom is 0.240 e. The third-order valence-corrected chi connectivity index (χ3v) is 6.04. The second-order valence-corrected chi connectivity index (χ2v) is 8.20. The lowest BCUT2D eigenvalue weighted by atomic mass is 10.1. The van der Waals surface area contributed by atoms with Crippen LogP contribution in [0.1, 0.15) is 17.2 Å². The molecule has 0 fully saturated rings. The number of aryl methyl sites for hydroxylation is 2. The molecule has 0 aliphatic heterocycles. The number of benzene rings is 2. The molecule has 0 aliphatic rings. The van der Waals surface area contributed by atoms with Gasteiger partial charge in [0.05, 0.1) is 11.0 Å². The van der Waals surface area contributed by atoms with Crippen molar-refractivity contribution in [1.82, 2.24) is 9.29 Å². The zero-order valence-electron chi connectivity index (χ0n) is 13.9. The van der Waals surface area contributed by atoms with Crippen LogP contribution >= 0.6 is 11.6 Å². The molecular formula is C18H19ClN2O3S. The first-order valence-electron chi connectivity index (χ1n) is 7.77. The molecule has 0 saturated heterocycles. The molecule has 3 rings (SSSR count). The Morgan fingerprint density at radius 1 is 1.20 bits per heavy atom. The van der Waals surface area contributed by atoms with E-state index in [1.165, 1.54) is 12.1 Å². The Morgan fingerprint density at radius 2 is 1.96 bits per heavy atom. The highest BCUT2D eigenvalue weighted by Gasteiger charge is 2.18. The molecule has 132 valence electrons. The van der Waals surface area contributed by atoms with Crippen molar-refractivity contribution in [2.24, 2.45) is 7.05 Å². The molecule has 0 amide bonds. The van der Waals surface area contributed by atoms with Crippen LogP contribution in [-0.2, 0) is 17.1 Å². The molecule has 1 aromatic heterocycles. The minimum atomic E-state index is -3.74. The Hall–Kier alpha value is -1.86. The number of hydrogen-bond acceptors (Lipinski definition) is 3. The Morgan fingerprint density at radius 3 is 2.68 bits per heavy atom. The smallest absolute Gasteiger partial charge is 0.240 e. The second kappa shape index (κ2) is 6.80. The predicted molar refractivity (Wildman–Crippen MR) is 99.3 cm³/mol. The number of nitrogens with zero attached hydrogens (tertiary/aromatic N) is 1. The first-order chi connectivity index (χ1) is 11.8. The van der Waals surface area contributed by atoms with E-state index in [9.17, 15) is 13.5 Å². The molecule has 25 heavy (non-hydrogen) atoms. The molecule has 5 nitrogen and oxygen atoms in total. The van der Waals surface area contributed by atoms with Gasteiger partial charge in [-0.2, -0.15) is 0 Å². The quantitative estimate of drug-likeness (QED) is 0.716. The third-order valence-electron chi connectivity index (χ3n) is 4.21. The van der Waals surface area contributed by atoms with Gasteiger partial charge in [-0.25, -0.2) is 13.1 Å². The Balaban J connectivity index is 1.75. The van der Waals surface area contributed by atoms with E-state index in [0.29, 0.717) is 10.6 Å². The van der Waals surface area contributed by atoms with Crippen LogP contribution in [0.4, 0.5) is 0 Å². The summed E-state index contributed by atoms with van der Waals surface area (Å²) in [5, 5.41) is 11.7. The molecule has 2 aromatic carbocycles. The summed E-state index contributed by atoms with van der Waals surface area (Å²) in [5.74, 6) is 0. The van der Waals surface area contributed by atoms with E-state index < -0.39 is 16.1 Å². The first-order valence-corrected chi connectivity index (χ1v) is 9.63. The van der Waals surface area contributed by atoms with Gasteiger partial charge in [-0.15, -0.1) is 0 Å². The predicted octanol–water partition coefficient (Wildman–Crippen LogP) is 3.15. The number of aromatic nitrogens is 1. The highest BCUT2D eigenvalue weighted by atomic mass is 35.5. The third kappa shape index (κ3) is 3.72. The lowest BCUT2D eigenvalue weighted by molar-refractivity contribution is 0.182. The Labute approximate surface area is 151 Å². The van der Waals surface area contributed by atoms with E-state index in [0.717, 1.165) is 16.5 Å². The zero-order chi connectivity index (χ0) is 18.2. The van der Waals surface area contributed by atoms with Crippen LogP contribution in [0.2, 0.25) is 5.02 Å². The molecule has 0 bridgehead atoms. The van der Waals surface area contributed by atoms with Gasteiger partial charge in [-0.1, -0.05) is 23.7 Å². The van der Waals surface area contributed by atoms with Gasteiger partial charge in [0, 0.05) is 30.3 Å². The monoisotopic (exact) mass is 378 g/mol.